The normalized spacial score (nSPS) is 13.6. The molecule has 1 N–H and O–H groups in total. The van der Waals surface area contributed by atoms with E-state index in [1.807, 2.05) is 21.1 Å². The van der Waals surface area contributed by atoms with Crippen LogP contribution >= 0.6 is 7.82 Å². The lowest BCUT2D eigenvalue weighted by Crippen LogP contribution is -2.37. The molecule has 0 heterocycles. The van der Waals surface area contributed by atoms with Crippen molar-refractivity contribution in [3.8, 4) is 0 Å². The summed E-state index contributed by atoms with van der Waals surface area (Å²) < 4.78 is 34.3. The Morgan fingerprint density at radius 2 is 0.912 bits per heavy atom. The summed E-state index contributed by atoms with van der Waals surface area (Å²) in [6.07, 6.45) is 42.9. The number of hydrogen-bond acceptors (Lipinski definition) is 7. The Morgan fingerprint density at radius 1 is 0.526 bits per heavy atom. The number of esters is 2. The van der Waals surface area contributed by atoms with Gasteiger partial charge >= 0.3 is 19.8 Å². The monoisotopic (exact) mass is 831 g/mol. The van der Waals surface area contributed by atoms with E-state index < -0.39 is 32.5 Å². The van der Waals surface area contributed by atoms with Crippen LogP contribution in [0.4, 0.5) is 0 Å². The first-order valence-electron chi connectivity index (χ1n) is 23.9. The number of hydrogen-bond donors (Lipinski definition) is 1. The van der Waals surface area contributed by atoms with Crippen LogP contribution in [0.2, 0.25) is 0 Å². The van der Waals surface area contributed by atoms with E-state index in [-0.39, 0.29) is 26.1 Å². The average molecular weight is 831 g/mol. The lowest BCUT2D eigenvalue weighted by Gasteiger charge is -2.24. The summed E-state index contributed by atoms with van der Waals surface area (Å²) in [4.78, 5) is 35.3. The van der Waals surface area contributed by atoms with Gasteiger partial charge in [-0.25, -0.2) is 4.57 Å². The van der Waals surface area contributed by atoms with Crippen molar-refractivity contribution in [3.05, 3.63) is 12.2 Å². The van der Waals surface area contributed by atoms with Gasteiger partial charge in [0.15, 0.2) is 6.10 Å². The van der Waals surface area contributed by atoms with Crippen molar-refractivity contribution in [1.82, 2.24) is 0 Å². The summed E-state index contributed by atoms with van der Waals surface area (Å²) >= 11 is 0. The van der Waals surface area contributed by atoms with E-state index in [4.69, 9.17) is 18.5 Å². The Labute approximate surface area is 352 Å². The maximum Gasteiger partial charge on any atom is 0.472 e. The number of carbonyl (C=O) groups excluding carboxylic acids is 2. The van der Waals surface area contributed by atoms with E-state index in [0.717, 1.165) is 25.7 Å². The van der Waals surface area contributed by atoms with Crippen molar-refractivity contribution in [2.24, 2.45) is 0 Å². The van der Waals surface area contributed by atoms with Gasteiger partial charge in [-0.3, -0.25) is 18.6 Å². The maximum atomic E-state index is 12.6. The molecule has 0 aromatic heterocycles. The molecule has 0 aliphatic heterocycles. The van der Waals surface area contributed by atoms with Gasteiger partial charge in [0.2, 0.25) is 0 Å². The molecule has 0 aliphatic carbocycles. The Morgan fingerprint density at radius 3 is 1.35 bits per heavy atom. The molecule has 0 spiro atoms. The van der Waals surface area contributed by atoms with E-state index in [9.17, 15) is 19.0 Å². The molecular formula is C47H93NO8P+. The summed E-state index contributed by atoms with van der Waals surface area (Å²) in [5, 5.41) is 0. The second kappa shape index (κ2) is 40.2. The van der Waals surface area contributed by atoms with Crippen LogP contribution in [0.15, 0.2) is 12.2 Å². The molecule has 57 heavy (non-hydrogen) atoms. The van der Waals surface area contributed by atoms with Crippen molar-refractivity contribution < 1.29 is 42.1 Å². The molecule has 0 aromatic carbocycles. The summed E-state index contributed by atoms with van der Waals surface area (Å²) in [6, 6.07) is 0. The number of carbonyl (C=O) groups is 2. The zero-order chi connectivity index (χ0) is 42.1. The van der Waals surface area contributed by atoms with Crippen LogP contribution in [0.5, 0.6) is 0 Å². The van der Waals surface area contributed by atoms with Gasteiger partial charge in [-0.2, -0.15) is 0 Å². The highest BCUT2D eigenvalue weighted by atomic mass is 31.2. The van der Waals surface area contributed by atoms with E-state index in [1.165, 1.54) is 161 Å². The Kier molecular flexibility index (Phi) is 39.3. The predicted octanol–water partition coefficient (Wildman–Crippen LogP) is 13.8. The Hall–Kier alpha value is -1.25. The van der Waals surface area contributed by atoms with E-state index in [2.05, 4.69) is 26.0 Å². The van der Waals surface area contributed by atoms with Crippen LogP contribution in [0, 0.1) is 0 Å². The smallest absolute Gasteiger partial charge is 0.462 e. The summed E-state index contributed by atoms with van der Waals surface area (Å²) in [5.74, 6) is -0.827. The Bertz CT molecular complexity index is 985. The predicted molar refractivity (Wildman–Crippen MR) is 238 cm³/mol. The number of quaternary nitrogens is 1. The fourth-order valence-corrected chi connectivity index (χ4v) is 7.53. The zero-order valence-corrected chi connectivity index (χ0v) is 39.0. The standard InChI is InChI=1S/C47H92NO8P/c1-6-8-10-12-14-16-18-19-20-21-22-23-24-25-26-27-28-29-30-32-33-35-37-39-46(49)53-43-45(44-55-57(51,52)54-42-41-48(3,4)5)56-47(50)40-38-36-34-31-17-15-13-11-9-7-2/h32-33,45H,6-31,34-44H2,1-5H3/p+1/b33-32+/t45-/m0/s1. The first-order valence-corrected chi connectivity index (χ1v) is 25.4. The van der Waals surface area contributed by atoms with Gasteiger partial charge in [0.1, 0.15) is 19.8 Å². The number of ether oxygens (including phenoxy) is 2. The number of rotatable bonds is 44. The second-order valence-electron chi connectivity index (χ2n) is 17.5. The van der Waals surface area contributed by atoms with E-state index in [1.54, 1.807) is 0 Å². The van der Waals surface area contributed by atoms with Crippen LogP contribution in [-0.4, -0.2) is 74.9 Å². The van der Waals surface area contributed by atoms with Crippen molar-refractivity contribution in [3.63, 3.8) is 0 Å². The lowest BCUT2D eigenvalue weighted by molar-refractivity contribution is -0.870. The molecule has 0 aliphatic rings. The minimum atomic E-state index is -4.37. The SMILES string of the molecule is CCCCCCCCCCCCCCCCCCCC/C=C/CCCC(=O)OC[C@@H](COP(=O)(O)OCC[N+](C)(C)C)OC(=O)CCCCCCCCCCCC. The topological polar surface area (TPSA) is 108 Å². The fourth-order valence-electron chi connectivity index (χ4n) is 6.78. The lowest BCUT2D eigenvalue weighted by atomic mass is 10.0. The van der Waals surface area contributed by atoms with Crippen molar-refractivity contribution >= 4 is 19.8 Å². The molecule has 0 aromatic rings. The third kappa shape index (κ3) is 44.1. The number of unbranched alkanes of at least 4 members (excludes halogenated alkanes) is 28. The third-order valence-electron chi connectivity index (χ3n) is 10.5. The molecule has 0 saturated heterocycles. The number of allylic oxidation sites excluding steroid dienone is 2. The van der Waals surface area contributed by atoms with E-state index in [0.29, 0.717) is 23.9 Å². The van der Waals surface area contributed by atoms with Crippen LogP contribution < -0.4 is 0 Å². The largest absolute Gasteiger partial charge is 0.472 e. The quantitative estimate of drug-likeness (QED) is 0.0213. The van der Waals surface area contributed by atoms with Gasteiger partial charge in [0, 0.05) is 12.8 Å². The number of phosphoric acid groups is 1. The molecule has 0 amide bonds. The minimum absolute atomic E-state index is 0.0312. The van der Waals surface area contributed by atoms with Gasteiger partial charge in [-0.15, -0.1) is 0 Å². The zero-order valence-electron chi connectivity index (χ0n) is 38.1. The number of nitrogens with zero attached hydrogens (tertiary/aromatic N) is 1. The van der Waals surface area contributed by atoms with Crippen LogP contribution in [0.1, 0.15) is 226 Å². The molecule has 0 rings (SSSR count). The number of likely N-dealkylation sites (N-methyl/N-ethyl adjacent to an activating group) is 1. The van der Waals surface area contributed by atoms with Gasteiger partial charge in [0.25, 0.3) is 0 Å². The third-order valence-corrected chi connectivity index (χ3v) is 11.5. The van der Waals surface area contributed by atoms with Crippen molar-refractivity contribution in [2.75, 3.05) is 47.5 Å². The van der Waals surface area contributed by atoms with Gasteiger partial charge in [0.05, 0.1) is 27.7 Å². The highest BCUT2D eigenvalue weighted by Gasteiger charge is 2.27. The Balaban J connectivity index is 4.17. The highest BCUT2D eigenvalue weighted by molar-refractivity contribution is 7.47. The molecule has 0 fully saturated rings. The molecule has 0 bridgehead atoms. The molecule has 9 nitrogen and oxygen atoms in total. The number of phosphoric ester groups is 1. The summed E-state index contributed by atoms with van der Waals surface area (Å²) in [7, 11) is 1.47. The van der Waals surface area contributed by atoms with Crippen LogP contribution in [0.3, 0.4) is 0 Å². The van der Waals surface area contributed by atoms with Gasteiger partial charge in [-0.05, 0) is 32.1 Å². The maximum absolute atomic E-state index is 12.6. The molecule has 338 valence electrons. The average Bonchev–Trinajstić information content (AvgIpc) is 3.16. The van der Waals surface area contributed by atoms with E-state index >= 15 is 0 Å². The molecule has 0 saturated carbocycles. The van der Waals surface area contributed by atoms with Gasteiger partial charge in [-0.1, -0.05) is 193 Å². The summed E-state index contributed by atoms with van der Waals surface area (Å²) in [5.41, 5.74) is 0. The first-order chi connectivity index (χ1) is 27.5. The van der Waals surface area contributed by atoms with Crippen LogP contribution in [-0.2, 0) is 32.7 Å². The fraction of sp³-hybridized carbons (Fsp3) is 0.915. The summed E-state index contributed by atoms with van der Waals surface area (Å²) in [6.45, 7) is 4.41. The molecule has 2 atom stereocenters. The van der Waals surface area contributed by atoms with Gasteiger partial charge < -0.3 is 18.9 Å². The molecule has 0 radical (unpaired) electrons. The molecular weight excluding hydrogens is 737 g/mol. The second-order valence-corrected chi connectivity index (χ2v) is 19.0. The first kappa shape index (κ1) is 55.8. The molecule has 10 heteroatoms. The van der Waals surface area contributed by atoms with Crippen molar-refractivity contribution in [2.45, 2.75) is 232 Å². The minimum Gasteiger partial charge on any atom is -0.462 e. The van der Waals surface area contributed by atoms with Crippen LogP contribution in [0.25, 0.3) is 0 Å². The highest BCUT2D eigenvalue weighted by Crippen LogP contribution is 2.43. The molecule has 1 unspecified atom stereocenters. The van der Waals surface area contributed by atoms with Crippen molar-refractivity contribution in [1.29, 1.82) is 0 Å².